The molecule has 1 aliphatic heterocycles. The number of rotatable bonds is 2. The van der Waals surface area contributed by atoms with Crippen LogP contribution in [0.2, 0.25) is 0 Å². The third kappa shape index (κ3) is 3.54. The Balaban J connectivity index is 0.00000121. The lowest BCUT2D eigenvalue weighted by Crippen LogP contribution is -2.49. The predicted molar refractivity (Wildman–Crippen MR) is 44.3 cm³/mol. The standard InChI is InChI=1S/C6H10N2O3.ClH/c9-5-3-8(2-1-7-5)4-6(10)11;/h1-4H2,(H,7,9)(H,10,11);1H. The highest BCUT2D eigenvalue weighted by molar-refractivity contribution is 5.85. The van der Waals surface area contributed by atoms with Crippen LogP contribution in [-0.4, -0.2) is 48.1 Å². The van der Waals surface area contributed by atoms with Crippen molar-refractivity contribution < 1.29 is 14.7 Å². The van der Waals surface area contributed by atoms with Gasteiger partial charge in [0.25, 0.3) is 0 Å². The minimum absolute atomic E-state index is 0. The van der Waals surface area contributed by atoms with Crippen LogP contribution >= 0.6 is 12.4 Å². The number of nitrogens with zero attached hydrogens (tertiary/aromatic N) is 1. The number of amides is 1. The molecule has 1 amide bonds. The molecule has 0 bridgehead atoms. The van der Waals surface area contributed by atoms with Crippen LogP contribution < -0.4 is 5.32 Å². The van der Waals surface area contributed by atoms with Gasteiger partial charge < -0.3 is 10.4 Å². The normalized spacial score (nSPS) is 17.8. The van der Waals surface area contributed by atoms with Gasteiger partial charge in [-0.2, -0.15) is 0 Å². The Morgan fingerprint density at radius 2 is 2.33 bits per heavy atom. The van der Waals surface area contributed by atoms with Crippen LogP contribution in [0.4, 0.5) is 0 Å². The Bertz CT molecular complexity index is 184. The van der Waals surface area contributed by atoms with E-state index in [1.807, 2.05) is 0 Å². The number of nitrogens with one attached hydrogen (secondary N) is 1. The van der Waals surface area contributed by atoms with E-state index < -0.39 is 5.97 Å². The van der Waals surface area contributed by atoms with E-state index in [2.05, 4.69) is 5.32 Å². The Morgan fingerprint density at radius 3 is 2.83 bits per heavy atom. The highest BCUT2D eigenvalue weighted by Gasteiger charge is 2.17. The maximum Gasteiger partial charge on any atom is 0.317 e. The van der Waals surface area contributed by atoms with Gasteiger partial charge in [-0.25, -0.2) is 0 Å². The molecule has 0 saturated carbocycles. The van der Waals surface area contributed by atoms with E-state index in [4.69, 9.17) is 5.11 Å². The van der Waals surface area contributed by atoms with Crippen molar-refractivity contribution in [3.8, 4) is 0 Å². The molecule has 0 aromatic rings. The molecule has 70 valence electrons. The molecule has 0 radical (unpaired) electrons. The van der Waals surface area contributed by atoms with Crippen LogP contribution in [-0.2, 0) is 9.59 Å². The Kier molecular flexibility index (Phi) is 4.61. The second-order valence-electron chi connectivity index (χ2n) is 2.45. The summed E-state index contributed by atoms with van der Waals surface area (Å²) in [5.74, 6) is -0.989. The van der Waals surface area contributed by atoms with Crippen molar-refractivity contribution in [3.05, 3.63) is 0 Å². The Morgan fingerprint density at radius 1 is 1.67 bits per heavy atom. The zero-order valence-corrected chi connectivity index (χ0v) is 7.26. The van der Waals surface area contributed by atoms with Crippen LogP contribution in [0.25, 0.3) is 0 Å². The maximum absolute atomic E-state index is 10.7. The van der Waals surface area contributed by atoms with Crippen molar-refractivity contribution in [3.63, 3.8) is 0 Å². The van der Waals surface area contributed by atoms with Gasteiger partial charge in [0.15, 0.2) is 0 Å². The van der Waals surface area contributed by atoms with Crippen LogP contribution in [0.5, 0.6) is 0 Å². The molecule has 2 N–H and O–H groups in total. The number of hydrogen-bond donors (Lipinski definition) is 2. The summed E-state index contributed by atoms with van der Waals surface area (Å²) < 4.78 is 0. The van der Waals surface area contributed by atoms with Gasteiger partial charge in [-0.15, -0.1) is 12.4 Å². The van der Waals surface area contributed by atoms with Gasteiger partial charge >= 0.3 is 5.97 Å². The second kappa shape index (κ2) is 4.95. The molecule has 0 unspecified atom stereocenters. The topological polar surface area (TPSA) is 69.6 Å². The van der Waals surface area contributed by atoms with Crippen molar-refractivity contribution in [2.75, 3.05) is 26.2 Å². The number of hydrogen-bond acceptors (Lipinski definition) is 3. The molecule has 1 aliphatic rings. The summed E-state index contributed by atoms with van der Waals surface area (Å²) in [6.07, 6.45) is 0. The average molecular weight is 195 g/mol. The first-order chi connectivity index (χ1) is 5.18. The zero-order chi connectivity index (χ0) is 8.27. The van der Waals surface area contributed by atoms with Gasteiger partial charge in [0, 0.05) is 13.1 Å². The van der Waals surface area contributed by atoms with Crippen molar-refractivity contribution in [1.82, 2.24) is 10.2 Å². The summed E-state index contributed by atoms with van der Waals surface area (Å²) in [7, 11) is 0. The molecule has 12 heavy (non-hydrogen) atoms. The smallest absolute Gasteiger partial charge is 0.317 e. The Labute approximate surface area is 76.1 Å². The average Bonchev–Trinajstić information content (AvgIpc) is 1.85. The molecule has 1 saturated heterocycles. The van der Waals surface area contributed by atoms with E-state index in [9.17, 15) is 9.59 Å². The van der Waals surface area contributed by atoms with Crippen LogP contribution in [0.15, 0.2) is 0 Å². The summed E-state index contributed by atoms with van der Waals surface area (Å²) in [6, 6.07) is 0. The van der Waals surface area contributed by atoms with E-state index in [0.717, 1.165) is 0 Å². The van der Waals surface area contributed by atoms with Crippen molar-refractivity contribution in [2.45, 2.75) is 0 Å². The first-order valence-corrected chi connectivity index (χ1v) is 3.39. The molecule has 5 nitrogen and oxygen atoms in total. The molecule has 0 aromatic heterocycles. The lowest BCUT2D eigenvalue weighted by Gasteiger charge is -2.24. The van der Waals surface area contributed by atoms with Gasteiger partial charge in [0.1, 0.15) is 0 Å². The molecule has 0 spiro atoms. The van der Waals surface area contributed by atoms with Crippen molar-refractivity contribution in [1.29, 1.82) is 0 Å². The molecular weight excluding hydrogens is 184 g/mol. The van der Waals surface area contributed by atoms with E-state index in [1.165, 1.54) is 0 Å². The molecule has 6 heteroatoms. The minimum atomic E-state index is -0.889. The summed E-state index contributed by atoms with van der Waals surface area (Å²) in [5.41, 5.74) is 0. The van der Waals surface area contributed by atoms with Gasteiger partial charge in [0.05, 0.1) is 13.1 Å². The molecule has 0 atom stereocenters. The minimum Gasteiger partial charge on any atom is -0.480 e. The monoisotopic (exact) mass is 194 g/mol. The number of carboxylic acid groups (broad SMARTS) is 1. The van der Waals surface area contributed by atoms with Gasteiger partial charge in [-0.3, -0.25) is 14.5 Å². The number of halogens is 1. The summed E-state index contributed by atoms with van der Waals surface area (Å²) in [4.78, 5) is 22.5. The summed E-state index contributed by atoms with van der Waals surface area (Å²) in [6.45, 7) is 1.32. The van der Waals surface area contributed by atoms with Crippen LogP contribution in [0.3, 0.4) is 0 Å². The molecule has 1 rings (SSSR count). The Hall–Kier alpha value is -0.810. The molecule has 0 aromatic carbocycles. The van der Waals surface area contributed by atoms with Crippen LogP contribution in [0, 0.1) is 0 Å². The lowest BCUT2D eigenvalue weighted by molar-refractivity contribution is -0.139. The van der Waals surface area contributed by atoms with E-state index in [0.29, 0.717) is 13.1 Å². The number of piperazine rings is 1. The van der Waals surface area contributed by atoms with E-state index in [1.54, 1.807) is 4.90 Å². The zero-order valence-electron chi connectivity index (χ0n) is 6.45. The molecule has 1 fully saturated rings. The summed E-state index contributed by atoms with van der Waals surface area (Å²) >= 11 is 0. The predicted octanol–water partition coefficient (Wildman–Crippen LogP) is -1.08. The molecule has 1 heterocycles. The quantitative estimate of drug-likeness (QED) is 0.587. The molecular formula is C6H11ClN2O3. The maximum atomic E-state index is 10.7. The van der Waals surface area contributed by atoms with Gasteiger partial charge in [-0.05, 0) is 0 Å². The highest BCUT2D eigenvalue weighted by Crippen LogP contribution is 1.91. The van der Waals surface area contributed by atoms with Gasteiger partial charge in [0.2, 0.25) is 5.91 Å². The fourth-order valence-corrected chi connectivity index (χ4v) is 1.02. The van der Waals surface area contributed by atoms with Crippen molar-refractivity contribution in [2.24, 2.45) is 0 Å². The highest BCUT2D eigenvalue weighted by atomic mass is 35.5. The third-order valence-corrected chi connectivity index (χ3v) is 1.48. The lowest BCUT2D eigenvalue weighted by atomic mass is 10.3. The molecule has 0 aliphatic carbocycles. The fourth-order valence-electron chi connectivity index (χ4n) is 1.02. The SMILES string of the molecule is Cl.O=C(O)CN1CCNC(=O)C1. The summed E-state index contributed by atoms with van der Waals surface area (Å²) in [5, 5.41) is 11.0. The first-order valence-electron chi connectivity index (χ1n) is 3.39. The largest absolute Gasteiger partial charge is 0.480 e. The first kappa shape index (κ1) is 11.2. The number of aliphatic carboxylic acids is 1. The van der Waals surface area contributed by atoms with E-state index in [-0.39, 0.29) is 31.4 Å². The fraction of sp³-hybridized carbons (Fsp3) is 0.667. The van der Waals surface area contributed by atoms with Crippen molar-refractivity contribution >= 4 is 24.3 Å². The number of carboxylic acids is 1. The second-order valence-corrected chi connectivity index (χ2v) is 2.45. The van der Waals surface area contributed by atoms with E-state index >= 15 is 0 Å². The number of carbonyl (C=O) groups excluding carboxylic acids is 1. The third-order valence-electron chi connectivity index (χ3n) is 1.48. The van der Waals surface area contributed by atoms with Crippen LogP contribution in [0.1, 0.15) is 0 Å². The number of carbonyl (C=O) groups is 2. The van der Waals surface area contributed by atoms with Gasteiger partial charge in [-0.1, -0.05) is 0 Å².